The van der Waals surface area contributed by atoms with E-state index in [4.69, 9.17) is 4.74 Å². The highest BCUT2D eigenvalue weighted by atomic mass is 32.1. The molecule has 2 nitrogen and oxygen atoms in total. The summed E-state index contributed by atoms with van der Waals surface area (Å²) in [4.78, 5) is 1.33. The van der Waals surface area contributed by atoms with Gasteiger partial charge in [0.05, 0.1) is 7.11 Å². The van der Waals surface area contributed by atoms with Gasteiger partial charge in [-0.25, -0.2) is 0 Å². The maximum absolute atomic E-state index is 5.27. The van der Waals surface area contributed by atoms with E-state index in [0.717, 1.165) is 18.7 Å². The first kappa shape index (κ1) is 14.1. The molecule has 0 saturated heterocycles. The molecule has 0 aliphatic carbocycles. The van der Waals surface area contributed by atoms with Crippen molar-refractivity contribution in [1.82, 2.24) is 5.32 Å². The summed E-state index contributed by atoms with van der Waals surface area (Å²) in [5.74, 6) is 0.951. The highest BCUT2D eigenvalue weighted by Gasteiger charge is 2.13. The number of nitrogens with one attached hydrogen (secondary N) is 1. The van der Waals surface area contributed by atoms with Crippen LogP contribution in [0, 0.1) is 6.92 Å². The third-order valence-electron chi connectivity index (χ3n) is 3.19. The first-order chi connectivity index (χ1) is 9.22. The number of aryl methyl sites for hydroxylation is 1. The van der Waals surface area contributed by atoms with E-state index in [2.05, 4.69) is 54.9 Å². The smallest absolute Gasteiger partial charge is 0.129 e. The molecule has 19 heavy (non-hydrogen) atoms. The predicted molar refractivity (Wildman–Crippen MR) is 82.2 cm³/mol. The summed E-state index contributed by atoms with van der Waals surface area (Å²) in [5.41, 5.74) is 2.67. The highest BCUT2D eigenvalue weighted by Crippen LogP contribution is 2.29. The van der Waals surface area contributed by atoms with Crippen LogP contribution in [0.2, 0.25) is 0 Å². The summed E-state index contributed by atoms with van der Waals surface area (Å²) in [5, 5.41) is 5.62. The van der Waals surface area contributed by atoms with Crippen molar-refractivity contribution in [3.05, 3.63) is 51.7 Å². The second-order valence-corrected chi connectivity index (χ2v) is 5.63. The van der Waals surface area contributed by atoms with Gasteiger partial charge in [-0.05, 0) is 31.5 Å². The Labute approximate surface area is 119 Å². The molecule has 0 aliphatic rings. The van der Waals surface area contributed by atoms with Crippen LogP contribution >= 0.6 is 11.3 Å². The zero-order valence-electron chi connectivity index (χ0n) is 11.8. The highest BCUT2D eigenvalue weighted by molar-refractivity contribution is 7.10. The second kappa shape index (κ2) is 6.73. The molecular weight excluding hydrogens is 254 g/mol. The number of ether oxygens (including phenoxy) is 1. The number of methoxy groups -OCH3 is 1. The fourth-order valence-corrected chi connectivity index (χ4v) is 3.04. The molecule has 1 atom stereocenters. The minimum atomic E-state index is 0.363. The molecule has 1 aromatic carbocycles. The quantitative estimate of drug-likeness (QED) is 0.861. The number of hydrogen-bond acceptors (Lipinski definition) is 3. The largest absolute Gasteiger partial charge is 0.496 e. The molecule has 0 saturated carbocycles. The normalized spacial score (nSPS) is 12.4. The molecular formula is C16H21NOS. The average Bonchev–Trinajstić information content (AvgIpc) is 2.89. The number of benzene rings is 1. The van der Waals surface area contributed by atoms with Crippen molar-refractivity contribution in [2.45, 2.75) is 26.3 Å². The molecule has 3 heteroatoms. The van der Waals surface area contributed by atoms with Crippen LogP contribution in [-0.4, -0.2) is 13.7 Å². The van der Waals surface area contributed by atoms with Gasteiger partial charge < -0.3 is 10.1 Å². The zero-order valence-corrected chi connectivity index (χ0v) is 12.6. The van der Waals surface area contributed by atoms with Gasteiger partial charge in [0.15, 0.2) is 0 Å². The Bertz CT molecular complexity index is 504. The van der Waals surface area contributed by atoms with E-state index in [1.54, 1.807) is 18.4 Å². The Morgan fingerprint density at radius 1 is 1.26 bits per heavy atom. The van der Waals surface area contributed by atoms with E-state index >= 15 is 0 Å². The molecule has 1 heterocycles. The van der Waals surface area contributed by atoms with Gasteiger partial charge in [0.2, 0.25) is 0 Å². The van der Waals surface area contributed by atoms with E-state index < -0.39 is 0 Å². The van der Waals surface area contributed by atoms with Crippen LogP contribution in [0.25, 0.3) is 0 Å². The molecule has 0 spiro atoms. The van der Waals surface area contributed by atoms with Crippen LogP contribution in [0.4, 0.5) is 0 Å². The topological polar surface area (TPSA) is 21.3 Å². The van der Waals surface area contributed by atoms with Gasteiger partial charge in [-0.15, -0.1) is 11.3 Å². The van der Waals surface area contributed by atoms with Crippen molar-refractivity contribution in [1.29, 1.82) is 0 Å². The van der Waals surface area contributed by atoms with Gasteiger partial charge >= 0.3 is 0 Å². The van der Waals surface area contributed by atoms with E-state index in [9.17, 15) is 0 Å². The van der Waals surface area contributed by atoms with Crippen molar-refractivity contribution in [2.75, 3.05) is 13.7 Å². The first-order valence-electron chi connectivity index (χ1n) is 6.64. The maximum Gasteiger partial charge on any atom is 0.129 e. The molecule has 0 aliphatic heterocycles. The maximum atomic E-state index is 5.27. The molecule has 1 N–H and O–H groups in total. The number of rotatable bonds is 6. The lowest BCUT2D eigenvalue weighted by Gasteiger charge is -2.16. The van der Waals surface area contributed by atoms with E-state index in [-0.39, 0.29) is 0 Å². The van der Waals surface area contributed by atoms with Crippen molar-refractivity contribution >= 4 is 11.3 Å². The summed E-state index contributed by atoms with van der Waals surface area (Å²) in [7, 11) is 1.72. The Balaban J connectivity index is 2.13. The third-order valence-corrected chi connectivity index (χ3v) is 4.21. The van der Waals surface area contributed by atoms with Crippen LogP contribution in [0.3, 0.4) is 0 Å². The lowest BCUT2D eigenvalue weighted by molar-refractivity contribution is 0.415. The predicted octanol–water partition coefficient (Wildman–Crippen LogP) is 3.96. The molecule has 0 radical (unpaired) electrons. The summed E-state index contributed by atoms with van der Waals surface area (Å²) in [6.07, 6.45) is 1.01. The Morgan fingerprint density at radius 2 is 2.00 bits per heavy atom. The van der Waals surface area contributed by atoms with E-state index in [1.807, 2.05) is 0 Å². The van der Waals surface area contributed by atoms with Gasteiger partial charge in [0.1, 0.15) is 5.75 Å². The summed E-state index contributed by atoms with van der Waals surface area (Å²) >= 11 is 1.76. The molecule has 0 bridgehead atoms. The van der Waals surface area contributed by atoms with Crippen molar-refractivity contribution in [3.8, 4) is 5.75 Å². The monoisotopic (exact) mass is 275 g/mol. The lowest BCUT2D eigenvalue weighted by atomic mass is 10.0. The molecule has 0 amide bonds. The standard InChI is InChI=1S/C16H21NOS/c1-4-17-15(16-10-14(18-3)11-19-16)9-13-7-5-12(2)6-8-13/h5-8,10-11,15,17H,4,9H2,1-3H3. The van der Waals surface area contributed by atoms with Crippen LogP contribution < -0.4 is 10.1 Å². The van der Waals surface area contributed by atoms with Crippen molar-refractivity contribution in [3.63, 3.8) is 0 Å². The molecule has 1 aromatic heterocycles. The van der Waals surface area contributed by atoms with Crippen molar-refractivity contribution < 1.29 is 4.74 Å². The summed E-state index contributed by atoms with van der Waals surface area (Å²) in [6.45, 7) is 5.24. The molecule has 0 fully saturated rings. The first-order valence-corrected chi connectivity index (χ1v) is 7.52. The third kappa shape index (κ3) is 3.82. The van der Waals surface area contributed by atoms with E-state index in [1.165, 1.54) is 16.0 Å². The SMILES string of the molecule is CCNC(Cc1ccc(C)cc1)c1cc(OC)cs1. The Hall–Kier alpha value is -1.32. The van der Waals surface area contributed by atoms with Crippen LogP contribution in [0.1, 0.15) is 29.0 Å². The van der Waals surface area contributed by atoms with E-state index in [0.29, 0.717) is 6.04 Å². The minimum Gasteiger partial charge on any atom is -0.496 e. The zero-order chi connectivity index (χ0) is 13.7. The van der Waals surface area contributed by atoms with Crippen LogP contribution in [-0.2, 0) is 6.42 Å². The lowest BCUT2D eigenvalue weighted by Crippen LogP contribution is -2.22. The summed E-state index contributed by atoms with van der Waals surface area (Å²) in [6, 6.07) is 11.3. The minimum absolute atomic E-state index is 0.363. The van der Waals surface area contributed by atoms with Gasteiger partial charge in [0.25, 0.3) is 0 Å². The number of thiophene rings is 1. The van der Waals surface area contributed by atoms with Gasteiger partial charge in [-0.2, -0.15) is 0 Å². The van der Waals surface area contributed by atoms with Crippen molar-refractivity contribution in [2.24, 2.45) is 0 Å². The molecule has 2 rings (SSSR count). The Morgan fingerprint density at radius 3 is 2.58 bits per heavy atom. The fraction of sp³-hybridized carbons (Fsp3) is 0.375. The molecule has 1 unspecified atom stereocenters. The number of hydrogen-bond donors (Lipinski definition) is 1. The number of likely N-dealkylation sites (N-methyl/N-ethyl adjacent to an activating group) is 1. The average molecular weight is 275 g/mol. The second-order valence-electron chi connectivity index (χ2n) is 4.69. The summed E-state index contributed by atoms with van der Waals surface area (Å²) < 4.78 is 5.27. The fourth-order valence-electron chi connectivity index (χ4n) is 2.10. The van der Waals surface area contributed by atoms with Gasteiger partial charge in [-0.1, -0.05) is 36.8 Å². The van der Waals surface area contributed by atoms with Crippen LogP contribution in [0.5, 0.6) is 5.75 Å². The molecule has 102 valence electrons. The Kier molecular flexibility index (Phi) is 5.00. The van der Waals surface area contributed by atoms with Gasteiger partial charge in [-0.3, -0.25) is 0 Å². The van der Waals surface area contributed by atoms with Gasteiger partial charge in [0, 0.05) is 16.3 Å². The molecule has 2 aromatic rings. The van der Waals surface area contributed by atoms with Crippen LogP contribution in [0.15, 0.2) is 35.7 Å².